The maximum absolute atomic E-state index is 12.4. The number of amides is 1. The largest absolute Gasteiger partial charge is 0.492 e. The first-order valence-corrected chi connectivity index (χ1v) is 9.00. The number of carbonyl (C=O) groups is 1. The van der Waals surface area contributed by atoms with Crippen molar-refractivity contribution in [1.82, 2.24) is 10.2 Å². The van der Waals surface area contributed by atoms with Crippen molar-refractivity contribution in [2.45, 2.75) is 39.2 Å². The number of carbonyl (C=O) groups excluding carboxylic acids is 1. The molecule has 134 valence electrons. The molecular formula is C19H31N3O2. The summed E-state index contributed by atoms with van der Waals surface area (Å²) in [5, 5.41) is 3.10. The van der Waals surface area contributed by atoms with Crippen molar-refractivity contribution in [3.63, 3.8) is 0 Å². The third-order valence-electron chi connectivity index (χ3n) is 4.99. The number of hydrogen-bond acceptors (Lipinski definition) is 4. The van der Waals surface area contributed by atoms with E-state index in [1.54, 1.807) is 0 Å². The van der Waals surface area contributed by atoms with Crippen LogP contribution >= 0.6 is 0 Å². The summed E-state index contributed by atoms with van der Waals surface area (Å²) in [6, 6.07) is 7.33. The Morgan fingerprint density at radius 1 is 1.29 bits per heavy atom. The molecule has 1 aliphatic rings. The van der Waals surface area contributed by atoms with Crippen molar-refractivity contribution in [3.8, 4) is 5.75 Å². The number of nitrogens with two attached hydrogens (primary N) is 1. The molecule has 5 nitrogen and oxygen atoms in total. The Labute approximate surface area is 145 Å². The van der Waals surface area contributed by atoms with E-state index < -0.39 is 0 Å². The van der Waals surface area contributed by atoms with Crippen molar-refractivity contribution >= 4 is 5.91 Å². The molecule has 24 heavy (non-hydrogen) atoms. The summed E-state index contributed by atoms with van der Waals surface area (Å²) in [4.78, 5) is 14.7. The number of benzene rings is 1. The zero-order chi connectivity index (χ0) is 17.6. The molecule has 1 unspecified atom stereocenters. The monoisotopic (exact) mass is 333 g/mol. The normalized spacial score (nSPS) is 16.7. The summed E-state index contributed by atoms with van der Waals surface area (Å²) in [5.74, 6) is 1.24. The highest BCUT2D eigenvalue weighted by Crippen LogP contribution is 2.39. The molecule has 1 aromatic carbocycles. The van der Waals surface area contributed by atoms with Gasteiger partial charge >= 0.3 is 0 Å². The Kier molecular flexibility index (Phi) is 6.63. The van der Waals surface area contributed by atoms with Crippen LogP contribution < -0.4 is 15.8 Å². The molecule has 1 fully saturated rings. The van der Waals surface area contributed by atoms with Crippen LogP contribution in [0.2, 0.25) is 0 Å². The van der Waals surface area contributed by atoms with Gasteiger partial charge in [0.25, 0.3) is 5.91 Å². The molecule has 0 aliphatic heterocycles. The molecule has 0 bridgehead atoms. The average Bonchev–Trinajstić information content (AvgIpc) is 3.44. The molecular weight excluding hydrogens is 302 g/mol. The predicted molar refractivity (Wildman–Crippen MR) is 97.4 cm³/mol. The number of rotatable bonds is 10. The first-order valence-electron chi connectivity index (χ1n) is 9.00. The lowest BCUT2D eigenvalue weighted by Gasteiger charge is -2.29. The summed E-state index contributed by atoms with van der Waals surface area (Å²) in [6.45, 7) is 10.4. The second-order valence-electron chi connectivity index (χ2n) is 6.75. The van der Waals surface area contributed by atoms with Gasteiger partial charge in [-0.2, -0.15) is 0 Å². The van der Waals surface area contributed by atoms with Crippen LogP contribution in [-0.4, -0.2) is 49.1 Å². The zero-order valence-corrected chi connectivity index (χ0v) is 15.2. The summed E-state index contributed by atoms with van der Waals surface area (Å²) < 4.78 is 5.75. The highest BCUT2D eigenvalue weighted by molar-refractivity contribution is 5.94. The third-order valence-corrected chi connectivity index (χ3v) is 4.99. The van der Waals surface area contributed by atoms with E-state index >= 15 is 0 Å². The molecule has 1 aliphatic carbocycles. The lowest BCUT2D eigenvalue weighted by atomic mass is 9.95. The van der Waals surface area contributed by atoms with Crippen LogP contribution in [0.5, 0.6) is 5.75 Å². The molecule has 1 amide bonds. The Balaban J connectivity index is 1.85. The Hall–Kier alpha value is -1.59. The van der Waals surface area contributed by atoms with Crippen molar-refractivity contribution in [1.29, 1.82) is 0 Å². The van der Waals surface area contributed by atoms with Crippen LogP contribution in [0.25, 0.3) is 0 Å². The maximum atomic E-state index is 12.4. The van der Waals surface area contributed by atoms with Crippen molar-refractivity contribution < 1.29 is 9.53 Å². The van der Waals surface area contributed by atoms with Gasteiger partial charge in [-0.05, 0) is 63.0 Å². The average molecular weight is 333 g/mol. The van der Waals surface area contributed by atoms with Gasteiger partial charge in [-0.3, -0.25) is 4.79 Å². The van der Waals surface area contributed by atoms with Crippen LogP contribution in [0.4, 0.5) is 0 Å². The minimum atomic E-state index is -0.296. The fraction of sp³-hybridized carbons (Fsp3) is 0.632. The Morgan fingerprint density at radius 3 is 2.42 bits per heavy atom. The molecule has 5 heteroatoms. The van der Waals surface area contributed by atoms with Gasteiger partial charge in [0.15, 0.2) is 0 Å². The van der Waals surface area contributed by atoms with E-state index in [-0.39, 0.29) is 11.4 Å². The van der Waals surface area contributed by atoms with Gasteiger partial charge in [0, 0.05) is 18.7 Å². The second kappa shape index (κ2) is 8.49. The highest BCUT2D eigenvalue weighted by Gasteiger charge is 2.41. The Bertz CT molecular complexity index is 524. The molecule has 1 aromatic rings. The maximum Gasteiger partial charge on any atom is 0.251 e. The molecule has 0 radical (unpaired) electrons. The second-order valence-corrected chi connectivity index (χ2v) is 6.75. The van der Waals surface area contributed by atoms with E-state index in [1.807, 2.05) is 31.2 Å². The summed E-state index contributed by atoms with van der Waals surface area (Å²) in [5.41, 5.74) is 6.21. The number of hydrogen-bond donors (Lipinski definition) is 2. The topological polar surface area (TPSA) is 67.6 Å². The SMILES string of the molecule is CCN(CC)CCOc1ccc(C(=O)NC(C)(CN)C2CC2)cc1. The van der Waals surface area contributed by atoms with Crippen LogP contribution in [0.1, 0.15) is 44.0 Å². The molecule has 0 saturated heterocycles. The number of nitrogens with zero attached hydrogens (tertiary/aromatic N) is 1. The molecule has 0 spiro atoms. The molecule has 2 rings (SSSR count). The summed E-state index contributed by atoms with van der Waals surface area (Å²) in [7, 11) is 0. The first kappa shape index (κ1) is 18.7. The van der Waals surface area contributed by atoms with Crippen LogP contribution in [0.3, 0.4) is 0 Å². The Morgan fingerprint density at radius 2 is 1.92 bits per heavy atom. The van der Waals surface area contributed by atoms with E-state index in [1.165, 1.54) is 0 Å². The minimum absolute atomic E-state index is 0.0652. The fourth-order valence-corrected chi connectivity index (χ4v) is 2.91. The van der Waals surface area contributed by atoms with E-state index in [9.17, 15) is 4.79 Å². The van der Waals surface area contributed by atoms with Gasteiger partial charge in [0.05, 0.1) is 5.54 Å². The van der Waals surface area contributed by atoms with Crippen molar-refractivity contribution in [2.75, 3.05) is 32.8 Å². The van der Waals surface area contributed by atoms with Crippen LogP contribution in [0, 0.1) is 5.92 Å². The van der Waals surface area contributed by atoms with Crippen molar-refractivity contribution in [2.24, 2.45) is 11.7 Å². The van der Waals surface area contributed by atoms with E-state index in [0.717, 1.165) is 38.2 Å². The number of nitrogens with one attached hydrogen (secondary N) is 1. The smallest absolute Gasteiger partial charge is 0.251 e. The zero-order valence-electron chi connectivity index (χ0n) is 15.2. The van der Waals surface area contributed by atoms with Crippen LogP contribution in [-0.2, 0) is 0 Å². The molecule has 0 heterocycles. The van der Waals surface area contributed by atoms with E-state index in [0.29, 0.717) is 24.6 Å². The standard InChI is InChI=1S/C19H31N3O2/c1-4-22(5-2)12-13-24-17-10-6-15(7-11-17)18(23)21-19(3,14-20)16-8-9-16/h6-7,10-11,16H,4-5,8-9,12-14,20H2,1-3H3,(H,21,23). The lowest BCUT2D eigenvalue weighted by Crippen LogP contribution is -2.53. The number of ether oxygens (including phenoxy) is 1. The van der Waals surface area contributed by atoms with Crippen LogP contribution in [0.15, 0.2) is 24.3 Å². The molecule has 3 N–H and O–H groups in total. The minimum Gasteiger partial charge on any atom is -0.492 e. The van der Waals surface area contributed by atoms with Gasteiger partial charge in [-0.15, -0.1) is 0 Å². The van der Waals surface area contributed by atoms with Crippen molar-refractivity contribution in [3.05, 3.63) is 29.8 Å². The summed E-state index contributed by atoms with van der Waals surface area (Å²) in [6.07, 6.45) is 2.29. The van der Waals surface area contributed by atoms with E-state index in [4.69, 9.17) is 10.5 Å². The fourth-order valence-electron chi connectivity index (χ4n) is 2.91. The number of likely N-dealkylation sites (N-methyl/N-ethyl adjacent to an activating group) is 1. The van der Waals surface area contributed by atoms with Gasteiger partial charge in [0.1, 0.15) is 12.4 Å². The van der Waals surface area contributed by atoms with Gasteiger partial charge < -0.3 is 20.7 Å². The first-order chi connectivity index (χ1) is 11.5. The van der Waals surface area contributed by atoms with Gasteiger partial charge in [0.2, 0.25) is 0 Å². The molecule has 0 aromatic heterocycles. The summed E-state index contributed by atoms with van der Waals surface area (Å²) >= 11 is 0. The third kappa shape index (κ3) is 4.95. The lowest BCUT2D eigenvalue weighted by molar-refractivity contribution is 0.0898. The van der Waals surface area contributed by atoms with Gasteiger partial charge in [-0.1, -0.05) is 13.8 Å². The van der Waals surface area contributed by atoms with E-state index in [2.05, 4.69) is 24.1 Å². The molecule has 1 saturated carbocycles. The van der Waals surface area contributed by atoms with Gasteiger partial charge in [-0.25, -0.2) is 0 Å². The quantitative estimate of drug-likeness (QED) is 0.689. The predicted octanol–water partition coefficient (Wildman–Crippen LogP) is 2.26. The highest BCUT2D eigenvalue weighted by atomic mass is 16.5. The molecule has 1 atom stereocenters.